The lowest BCUT2D eigenvalue weighted by Gasteiger charge is -2.29. The monoisotopic (exact) mass is 186 g/mol. The summed E-state index contributed by atoms with van der Waals surface area (Å²) in [6.07, 6.45) is 2.07. The quantitative estimate of drug-likeness (QED) is 0.623. The molecule has 1 N–H and O–H groups in total. The molecule has 0 aromatic carbocycles. The minimum atomic E-state index is -0.197. The Morgan fingerprint density at radius 1 is 1.38 bits per heavy atom. The van der Waals surface area contributed by atoms with Crippen LogP contribution < -0.4 is 5.32 Å². The molecule has 0 aliphatic carbocycles. The predicted octanol–water partition coefficient (Wildman–Crippen LogP) is 1.52. The van der Waals surface area contributed by atoms with E-state index in [2.05, 4.69) is 5.32 Å². The van der Waals surface area contributed by atoms with Gasteiger partial charge in [-0.25, -0.2) is 9.86 Å². The smallest absolute Gasteiger partial charge is 0.332 e. The van der Waals surface area contributed by atoms with Crippen LogP contribution in [0.4, 0.5) is 4.79 Å². The number of nitrogens with one attached hydrogen (secondary N) is 1. The maximum absolute atomic E-state index is 11.5. The van der Waals surface area contributed by atoms with Crippen molar-refractivity contribution in [2.24, 2.45) is 0 Å². The second-order valence-corrected chi connectivity index (χ2v) is 4.32. The van der Waals surface area contributed by atoms with Crippen LogP contribution in [0.15, 0.2) is 0 Å². The van der Waals surface area contributed by atoms with Crippen LogP contribution in [0.2, 0.25) is 0 Å². The predicted molar refractivity (Wildman–Crippen MR) is 50.2 cm³/mol. The molecule has 13 heavy (non-hydrogen) atoms. The fourth-order valence-electron chi connectivity index (χ4n) is 1.14. The van der Waals surface area contributed by atoms with Gasteiger partial charge >= 0.3 is 6.03 Å². The highest BCUT2D eigenvalue weighted by Crippen LogP contribution is 2.07. The molecule has 1 aliphatic rings. The first-order valence-corrected chi connectivity index (χ1v) is 4.72. The van der Waals surface area contributed by atoms with Gasteiger partial charge in [0.2, 0.25) is 0 Å². The molecular formula is C9H18N2O2. The van der Waals surface area contributed by atoms with E-state index in [0.29, 0.717) is 13.2 Å². The molecular weight excluding hydrogens is 168 g/mol. The van der Waals surface area contributed by atoms with E-state index in [1.165, 1.54) is 5.06 Å². The van der Waals surface area contributed by atoms with Crippen molar-refractivity contribution in [3.63, 3.8) is 0 Å². The van der Waals surface area contributed by atoms with E-state index in [9.17, 15) is 4.79 Å². The molecule has 1 aliphatic heterocycles. The fraction of sp³-hybridized carbons (Fsp3) is 0.889. The molecule has 0 radical (unpaired) electrons. The van der Waals surface area contributed by atoms with E-state index >= 15 is 0 Å². The summed E-state index contributed by atoms with van der Waals surface area (Å²) in [5.41, 5.74) is -0.197. The van der Waals surface area contributed by atoms with Crippen molar-refractivity contribution in [2.75, 3.05) is 13.2 Å². The topological polar surface area (TPSA) is 41.6 Å². The van der Waals surface area contributed by atoms with Crippen molar-refractivity contribution in [3.05, 3.63) is 0 Å². The summed E-state index contributed by atoms with van der Waals surface area (Å²) < 4.78 is 0. The Bertz CT molecular complexity index is 181. The maximum atomic E-state index is 11.5. The first-order chi connectivity index (χ1) is 5.99. The van der Waals surface area contributed by atoms with Gasteiger partial charge in [-0.3, -0.25) is 4.84 Å². The minimum Gasteiger partial charge on any atom is -0.332 e. The van der Waals surface area contributed by atoms with Gasteiger partial charge in [0.05, 0.1) is 13.2 Å². The van der Waals surface area contributed by atoms with Gasteiger partial charge in [0, 0.05) is 5.54 Å². The maximum Gasteiger partial charge on any atom is 0.341 e. The molecule has 1 rings (SSSR count). The molecule has 0 spiro atoms. The van der Waals surface area contributed by atoms with Gasteiger partial charge in [-0.1, -0.05) is 0 Å². The zero-order valence-corrected chi connectivity index (χ0v) is 8.59. The highest BCUT2D eigenvalue weighted by atomic mass is 16.7. The highest BCUT2D eigenvalue weighted by Gasteiger charge is 2.21. The molecule has 2 amide bonds. The molecule has 0 saturated carbocycles. The third-order valence-corrected chi connectivity index (χ3v) is 1.71. The van der Waals surface area contributed by atoms with Crippen LogP contribution >= 0.6 is 0 Å². The molecule has 0 aromatic heterocycles. The van der Waals surface area contributed by atoms with Gasteiger partial charge in [-0.2, -0.15) is 0 Å². The van der Waals surface area contributed by atoms with Gasteiger partial charge in [0.15, 0.2) is 0 Å². The van der Waals surface area contributed by atoms with E-state index in [1.54, 1.807) is 0 Å². The largest absolute Gasteiger partial charge is 0.341 e. The summed E-state index contributed by atoms with van der Waals surface area (Å²) in [4.78, 5) is 16.7. The van der Waals surface area contributed by atoms with Crippen LogP contribution in [-0.2, 0) is 4.84 Å². The van der Waals surface area contributed by atoms with Gasteiger partial charge in [-0.15, -0.1) is 0 Å². The van der Waals surface area contributed by atoms with Gasteiger partial charge < -0.3 is 5.32 Å². The lowest BCUT2D eigenvalue weighted by molar-refractivity contribution is -0.140. The standard InChI is InChI=1S/C9H18N2O2/c1-9(2,3)10-8(12)11-6-4-5-7-13-11/h4-7H2,1-3H3,(H,10,12). The van der Waals surface area contributed by atoms with Gasteiger partial charge in [0.25, 0.3) is 0 Å². The Kier molecular flexibility index (Phi) is 3.14. The Morgan fingerprint density at radius 2 is 2.08 bits per heavy atom. The summed E-state index contributed by atoms with van der Waals surface area (Å²) in [6, 6.07) is -0.132. The molecule has 0 aromatic rings. The third kappa shape index (κ3) is 3.63. The normalized spacial score (nSPS) is 18.5. The van der Waals surface area contributed by atoms with Crippen LogP contribution in [-0.4, -0.2) is 29.8 Å². The van der Waals surface area contributed by atoms with Crippen LogP contribution in [0.25, 0.3) is 0 Å². The Hall–Kier alpha value is -0.770. The molecule has 1 heterocycles. The summed E-state index contributed by atoms with van der Waals surface area (Å²) >= 11 is 0. The van der Waals surface area contributed by atoms with E-state index in [-0.39, 0.29) is 11.6 Å². The van der Waals surface area contributed by atoms with Crippen molar-refractivity contribution < 1.29 is 9.63 Å². The lowest BCUT2D eigenvalue weighted by atomic mass is 10.1. The van der Waals surface area contributed by atoms with Crippen molar-refractivity contribution in [1.82, 2.24) is 10.4 Å². The van der Waals surface area contributed by atoms with Crippen LogP contribution in [0.5, 0.6) is 0 Å². The second kappa shape index (κ2) is 3.96. The highest BCUT2D eigenvalue weighted by molar-refractivity contribution is 5.73. The van der Waals surface area contributed by atoms with Crippen molar-refractivity contribution in [1.29, 1.82) is 0 Å². The molecule has 0 atom stereocenters. The zero-order chi connectivity index (χ0) is 9.90. The number of hydrogen-bond donors (Lipinski definition) is 1. The first kappa shape index (κ1) is 10.3. The number of urea groups is 1. The average molecular weight is 186 g/mol. The SMILES string of the molecule is CC(C)(C)NC(=O)N1CCCCO1. The van der Waals surface area contributed by atoms with E-state index < -0.39 is 0 Å². The van der Waals surface area contributed by atoms with Crippen molar-refractivity contribution >= 4 is 6.03 Å². The van der Waals surface area contributed by atoms with Crippen molar-refractivity contribution in [2.45, 2.75) is 39.2 Å². The summed E-state index contributed by atoms with van der Waals surface area (Å²) in [6.45, 7) is 7.21. The molecule has 0 bridgehead atoms. The number of rotatable bonds is 0. The minimum absolute atomic E-state index is 0.132. The van der Waals surface area contributed by atoms with Crippen molar-refractivity contribution in [3.8, 4) is 0 Å². The Labute approximate surface area is 79.2 Å². The van der Waals surface area contributed by atoms with Gasteiger partial charge in [0.1, 0.15) is 0 Å². The number of hydroxylamine groups is 2. The number of carbonyl (C=O) groups excluding carboxylic acids is 1. The Morgan fingerprint density at radius 3 is 2.54 bits per heavy atom. The number of carbonyl (C=O) groups is 1. The zero-order valence-electron chi connectivity index (χ0n) is 8.59. The van der Waals surface area contributed by atoms with Gasteiger partial charge in [-0.05, 0) is 33.6 Å². The van der Waals surface area contributed by atoms with E-state index in [4.69, 9.17) is 4.84 Å². The molecule has 4 heteroatoms. The molecule has 4 nitrogen and oxygen atoms in total. The molecule has 1 fully saturated rings. The Balaban J connectivity index is 2.38. The van der Waals surface area contributed by atoms with Crippen LogP contribution in [0.3, 0.4) is 0 Å². The number of hydrogen-bond acceptors (Lipinski definition) is 2. The molecule has 1 saturated heterocycles. The average Bonchev–Trinajstić information content (AvgIpc) is 2.03. The molecule has 0 unspecified atom stereocenters. The molecule has 76 valence electrons. The summed E-state index contributed by atoms with van der Waals surface area (Å²) in [5, 5.41) is 4.26. The second-order valence-electron chi connectivity index (χ2n) is 4.32. The third-order valence-electron chi connectivity index (χ3n) is 1.71. The van der Waals surface area contributed by atoms with Crippen LogP contribution in [0.1, 0.15) is 33.6 Å². The summed E-state index contributed by atoms with van der Waals surface area (Å²) in [5.74, 6) is 0. The number of nitrogens with zero attached hydrogens (tertiary/aromatic N) is 1. The van der Waals surface area contributed by atoms with E-state index in [1.807, 2.05) is 20.8 Å². The lowest BCUT2D eigenvalue weighted by Crippen LogP contribution is -2.49. The van der Waals surface area contributed by atoms with E-state index in [0.717, 1.165) is 12.8 Å². The first-order valence-electron chi connectivity index (χ1n) is 4.72. The fourth-order valence-corrected chi connectivity index (χ4v) is 1.14. The summed E-state index contributed by atoms with van der Waals surface area (Å²) in [7, 11) is 0. The van der Waals surface area contributed by atoms with Crippen LogP contribution in [0, 0.1) is 0 Å². The number of amides is 2.